The Morgan fingerprint density at radius 1 is 1.40 bits per heavy atom. The lowest BCUT2D eigenvalue weighted by atomic mass is 10.0. The van der Waals surface area contributed by atoms with E-state index < -0.39 is 11.6 Å². The Morgan fingerprint density at radius 3 is 3.05 bits per heavy atom. The SMILES string of the molecule is NCCC1=CNCN1[C@@H]1COc2c(F)cc(F)cc2C1. The van der Waals surface area contributed by atoms with Crippen molar-refractivity contribution in [1.29, 1.82) is 0 Å². The van der Waals surface area contributed by atoms with Crippen LogP contribution in [0.2, 0.25) is 0 Å². The van der Waals surface area contributed by atoms with Gasteiger partial charge in [0.25, 0.3) is 0 Å². The van der Waals surface area contributed by atoms with Gasteiger partial charge in [0.2, 0.25) is 0 Å². The van der Waals surface area contributed by atoms with Crippen LogP contribution in [0.1, 0.15) is 12.0 Å². The van der Waals surface area contributed by atoms with E-state index in [1.807, 2.05) is 6.20 Å². The van der Waals surface area contributed by atoms with Gasteiger partial charge in [-0.2, -0.15) is 0 Å². The van der Waals surface area contributed by atoms with Crippen molar-refractivity contribution in [2.45, 2.75) is 18.9 Å². The van der Waals surface area contributed by atoms with Crippen LogP contribution in [0, 0.1) is 11.6 Å². The Morgan fingerprint density at radius 2 is 2.25 bits per heavy atom. The molecule has 1 aromatic rings. The number of fused-ring (bicyclic) bond motifs is 1. The number of halogens is 2. The third-order valence-corrected chi connectivity index (χ3v) is 3.70. The predicted octanol–water partition coefficient (Wildman–Crippen LogP) is 1.32. The largest absolute Gasteiger partial charge is 0.488 e. The van der Waals surface area contributed by atoms with Crippen LogP contribution in [0.25, 0.3) is 0 Å². The summed E-state index contributed by atoms with van der Waals surface area (Å²) in [6.45, 7) is 1.63. The van der Waals surface area contributed by atoms with E-state index in [1.165, 1.54) is 6.07 Å². The van der Waals surface area contributed by atoms with Crippen molar-refractivity contribution in [1.82, 2.24) is 10.2 Å². The minimum Gasteiger partial charge on any atom is -0.488 e. The molecule has 0 fully saturated rings. The molecule has 3 N–H and O–H groups in total. The Bertz CT molecular complexity index is 547. The third kappa shape index (κ3) is 2.31. The zero-order valence-corrected chi connectivity index (χ0v) is 11.0. The van der Waals surface area contributed by atoms with Gasteiger partial charge in [0.1, 0.15) is 12.4 Å². The minimum absolute atomic E-state index is 0.0662. The van der Waals surface area contributed by atoms with E-state index in [-0.39, 0.29) is 11.8 Å². The van der Waals surface area contributed by atoms with E-state index in [9.17, 15) is 8.78 Å². The molecule has 0 unspecified atom stereocenters. The second kappa shape index (κ2) is 5.28. The molecular weight excluding hydrogens is 264 g/mol. The van der Waals surface area contributed by atoms with Crippen LogP contribution in [-0.2, 0) is 6.42 Å². The van der Waals surface area contributed by atoms with Crippen LogP contribution >= 0.6 is 0 Å². The molecule has 1 atom stereocenters. The van der Waals surface area contributed by atoms with Crippen molar-refractivity contribution >= 4 is 0 Å². The van der Waals surface area contributed by atoms with Gasteiger partial charge in [0.05, 0.1) is 12.7 Å². The molecule has 0 aromatic heterocycles. The molecule has 6 heteroatoms. The molecule has 0 saturated heterocycles. The highest BCUT2D eigenvalue weighted by Crippen LogP contribution is 2.32. The van der Waals surface area contributed by atoms with Crippen molar-refractivity contribution in [2.24, 2.45) is 5.73 Å². The Balaban J connectivity index is 1.80. The Labute approximate surface area is 116 Å². The standard InChI is InChI=1S/C14H17F2N3O/c15-10-3-9-4-12(7-20-14(9)13(16)5-10)19-8-18-6-11(19)1-2-17/h3,5-6,12,18H,1-2,4,7-8,17H2/t12-/m0/s1. The van der Waals surface area contributed by atoms with Gasteiger partial charge in [-0.1, -0.05) is 0 Å². The van der Waals surface area contributed by atoms with E-state index in [4.69, 9.17) is 10.5 Å². The number of rotatable bonds is 3. The number of hydrogen-bond acceptors (Lipinski definition) is 4. The van der Waals surface area contributed by atoms with Crippen LogP contribution in [0.5, 0.6) is 5.75 Å². The number of nitrogens with one attached hydrogen (secondary N) is 1. The molecule has 0 amide bonds. The highest BCUT2D eigenvalue weighted by molar-refractivity contribution is 5.38. The minimum atomic E-state index is -0.629. The first-order valence-corrected chi connectivity index (χ1v) is 6.69. The van der Waals surface area contributed by atoms with Crippen LogP contribution in [0.15, 0.2) is 24.0 Å². The number of benzene rings is 1. The number of nitrogens with zero attached hydrogens (tertiary/aromatic N) is 1. The summed E-state index contributed by atoms with van der Waals surface area (Å²) < 4.78 is 32.4. The van der Waals surface area contributed by atoms with E-state index in [2.05, 4.69) is 10.2 Å². The molecule has 3 rings (SSSR count). The third-order valence-electron chi connectivity index (χ3n) is 3.70. The fourth-order valence-electron chi connectivity index (χ4n) is 2.79. The van der Waals surface area contributed by atoms with Gasteiger partial charge in [-0.25, -0.2) is 8.78 Å². The molecule has 0 aliphatic carbocycles. The molecular formula is C14H17F2N3O. The van der Waals surface area contributed by atoms with Crippen molar-refractivity contribution in [3.05, 3.63) is 41.2 Å². The lowest BCUT2D eigenvalue weighted by Crippen LogP contribution is -2.43. The first kappa shape index (κ1) is 13.2. The summed E-state index contributed by atoms with van der Waals surface area (Å²) in [6, 6.07) is 2.27. The van der Waals surface area contributed by atoms with Crippen molar-refractivity contribution < 1.29 is 13.5 Å². The zero-order valence-electron chi connectivity index (χ0n) is 11.0. The summed E-state index contributed by atoms with van der Waals surface area (Å²) in [6.07, 6.45) is 3.27. The van der Waals surface area contributed by atoms with Gasteiger partial charge >= 0.3 is 0 Å². The lowest BCUT2D eigenvalue weighted by Gasteiger charge is -2.35. The molecule has 2 aliphatic heterocycles. The zero-order chi connectivity index (χ0) is 14.1. The first-order chi connectivity index (χ1) is 9.69. The normalized spacial score (nSPS) is 21.1. The average molecular weight is 281 g/mol. The fourth-order valence-corrected chi connectivity index (χ4v) is 2.79. The fraction of sp³-hybridized carbons (Fsp3) is 0.429. The predicted molar refractivity (Wildman–Crippen MR) is 70.9 cm³/mol. The smallest absolute Gasteiger partial charge is 0.168 e. The Hall–Kier alpha value is -1.82. The molecule has 0 saturated carbocycles. The summed E-state index contributed by atoms with van der Waals surface area (Å²) >= 11 is 0. The van der Waals surface area contributed by atoms with Crippen molar-refractivity contribution in [2.75, 3.05) is 19.8 Å². The highest BCUT2D eigenvalue weighted by Gasteiger charge is 2.30. The molecule has 4 nitrogen and oxygen atoms in total. The molecule has 0 spiro atoms. The van der Waals surface area contributed by atoms with Crippen LogP contribution in [0.4, 0.5) is 8.78 Å². The Kier molecular flexibility index (Phi) is 3.48. The quantitative estimate of drug-likeness (QED) is 0.877. The molecule has 0 bridgehead atoms. The summed E-state index contributed by atoms with van der Waals surface area (Å²) in [5, 5.41) is 3.16. The van der Waals surface area contributed by atoms with E-state index in [0.29, 0.717) is 31.8 Å². The maximum absolute atomic E-state index is 13.6. The van der Waals surface area contributed by atoms with Gasteiger partial charge < -0.3 is 20.7 Å². The second-order valence-corrected chi connectivity index (χ2v) is 5.05. The maximum Gasteiger partial charge on any atom is 0.168 e. The lowest BCUT2D eigenvalue weighted by molar-refractivity contribution is 0.146. The molecule has 20 heavy (non-hydrogen) atoms. The molecule has 0 radical (unpaired) electrons. The van der Waals surface area contributed by atoms with Gasteiger partial charge in [-0.05, 0) is 19.0 Å². The molecule has 108 valence electrons. The van der Waals surface area contributed by atoms with Crippen molar-refractivity contribution in [3.8, 4) is 5.75 Å². The number of ether oxygens (including phenoxy) is 1. The van der Waals surface area contributed by atoms with Gasteiger partial charge in [0, 0.05) is 29.9 Å². The molecule has 2 heterocycles. The summed E-state index contributed by atoms with van der Waals surface area (Å²) in [4.78, 5) is 2.15. The maximum atomic E-state index is 13.6. The average Bonchev–Trinajstić information content (AvgIpc) is 2.86. The number of nitrogens with two attached hydrogens (primary N) is 1. The highest BCUT2D eigenvalue weighted by atomic mass is 19.1. The van der Waals surface area contributed by atoms with Crippen molar-refractivity contribution in [3.63, 3.8) is 0 Å². The van der Waals surface area contributed by atoms with E-state index in [0.717, 1.165) is 18.2 Å². The summed E-state index contributed by atoms with van der Waals surface area (Å²) in [5.41, 5.74) is 7.28. The summed E-state index contributed by atoms with van der Waals surface area (Å²) in [5.74, 6) is -1.02. The van der Waals surface area contributed by atoms with Gasteiger partial charge in [-0.15, -0.1) is 0 Å². The van der Waals surface area contributed by atoms with E-state index >= 15 is 0 Å². The topological polar surface area (TPSA) is 50.5 Å². The first-order valence-electron chi connectivity index (χ1n) is 6.69. The van der Waals surface area contributed by atoms with Gasteiger partial charge in [0.15, 0.2) is 11.6 Å². The van der Waals surface area contributed by atoms with Gasteiger partial charge in [-0.3, -0.25) is 0 Å². The number of hydrogen-bond donors (Lipinski definition) is 2. The monoisotopic (exact) mass is 281 g/mol. The second-order valence-electron chi connectivity index (χ2n) is 5.05. The summed E-state index contributed by atoms with van der Waals surface area (Å²) in [7, 11) is 0. The molecule has 2 aliphatic rings. The van der Waals surface area contributed by atoms with Crippen LogP contribution < -0.4 is 15.8 Å². The van der Waals surface area contributed by atoms with E-state index in [1.54, 1.807) is 0 Å². The van der Waals surface area contributed by atoms with Crippen LogP contribution in [-0.4, -0.2) is 30.8 Å². The van der Waals surface area contributed by atoms with Crippen LogP contribution in [0.3, 0.4) is 0 Å². The molecule has 1 aromatic carbocycles.